The second-order valence-corrected chi connectivity index (χ2v) is 6.51. The van der Waals surface area contributed by atoms with E-state index in [1.54, 1.807) is 13.2 Å². The summed E-state index contributed by atoms with van der Waals surface area (Å²) in [7, 11) is 1.57. The Morgan fingerprint density at radius 3 is 2.62 bits per heavy atom. The maximum atomic E-state index is 14.0. The summed E-state index contributed by atoms with van der Waals surface area (Å²) in [4.78, 5) is 4.32. The fraction of sp³-hybridized carbons (Fsp3) is 0.176. The van der Waals surface area contributed by atoms with Crippen LogP contribution in [0, 0.1) is 12.7 Å². The van der Waals surface area contributed by atoms with Crippen molar-refractivity contribution < 1.29 is 13.1 Å². The van der Waals surface area contributed by atoms with Gasteiger partial charge in [0.05, 0.1) is 17.7 Å². The Bertz CT molecular complexity index is 819. The molecule has 0 saturated heterocycles. The van der Waals surface area contributed by atoms with E-state index >= 15 is 0 Å². The first-order valence-electron chi connectivity index (χ1n) is 7.14. The number of hydrogen-bond acceptors (Lipinski definition) is 5. The van der Waals surface area contributed by atoms with Crippen molar-refractivity contribution in [2.24, 2.45) is 0 Å². The van der Waals surface area contributed by atoms with Crippen LogP contribution < -0.4 is 0 Å². The fourth-order valence-electron chi connectivity index (χ4n) is 2.23. The quantitative estimate of drug-likeness (QED) is 0.581. The topological polar surface area (TPSA) is 48.2 Å². The molecule has 1 heterocycles. The molecule has 0 N–H and O–H groups in total. The molecule has 24 heavy (non-hydrogen) atoms. The normalized spacial score (nSPS) is 12.3. The van der Waals surface area contributed by atoms with E-state index in [0.29, 0.717) is 5.89 Å². The van der Waals surface area contributed by atoms with E-state index in [-0.39, 0.29) is 21.7 Å². The van der Waals surface area contributed by atoms with Crippen molar-refractivity contribution in [1.82, 2.24) is 10.1 Å². The summed E-state index contributed by atoms with van der Waals surface area (Å²) < 4.78 is 24.6. The second-order valence-electron chi connectivity index (χ2n) is 5.11. The van der Waals surface area contributed by atoms with Crippen LogP contribution in [0.15, 0.2) is 47.0 Å². The molecule has 1 unspecified atom stereocenters. The molecule has 124 valence electrons. The molecule has 0 aliphatic carbocycles. The molecule has 0 fully saturated rings. The minimum atomic E-state index is -0.499. The number of hydrogen-bond donors (Lipinski definition) is 0. The zero-order valence-corrected chi connectivity index (χ0v) is 14.6. The third-order valence-corrected chi connectivity index (χ3v) is 4.60. The predicted molar refractivity (Wildman–Crippen MR) is 92.3 cm³/mol. The van der Waals surface area contributed by atoms with Crippen molar-refractivity contribution in [2.45, 2.75) is 12.2 Å². The van der Waals surface area contributed by atoms with Crippen LogP contribution in [-0.4, -0.2) is 17.3 Å². The molecule has 0 aliphatic rings. The molecule has 0 bridgehead atoms. The van der Waals surface area contributed by atoms with Gasteiger partial charge in [-0.3, -0.25) is 0 Å². The Morgan fingerprint density at radius 2 is 1.96 bits per heavy atom. The highest BCUT2D eigenvalue weighted by Crippen LogP contribution is 2.37. The summed E-state index contributed by atoms with van der Waals surface area (Å²) >= 11 is 7.24. The van der Waals surface area contributed by atoms with Crippen molar-refractivity contribution in [3.05, 3.63) is 70.3 Å². The van der Waals surface area contributed by atoms with E-state index in [2.05, 4.69) is 10.1 Å². The summed E-state index contributed by atoms with van der Waals surface area (Å²) in [5.74, 6) is -0.0666. The summed E-state index contributed by atoms with van der Waals surface area (Å²) in [6.07, 6.45) is 0. The van der Waals surface area contributed by atoms with Crippen LogP contribution in [0.3, 0.4) is 0 Å². The number of aromatic nitrogens is 2. The zero-order chi connectivity index (χ0) is 17.1. The Kier molecular flexibility index (Phi) is 5.18. The predicted octanol–water partition coefficient (Wildman–Crippen LogP) is 5.22. The summed E-state index contributed by atoms with van der Waals surface area (Å²) in [5.41, 5.74) is 2.21. The summed E-state index contributed by atoms with van der Waals surface area (Å²) in [6.45, 7) is 2.01. The lowest BCUT2D eigenvalue weighted by Crippen LogP contribution is -1.98. The van der Waals surface area contributed by atoms with E-state index in [0.717, 1.165) is 11.1 Å². The first-order chi connectivity index (χ1) is 11.6. The van der Waals surface area contributed by atoms with Crippen LogP contribution in [0.4, 0.5) is 4.39 Å². The molecule has 1 atom stereocenters. The first-order valence-corrected chi connectivity index (χ1v) is 8.32. The number of aryl methyl sites for hydroxylation is 1. The summed E-state index contributed by atoms with van der Waals surface area (Å²) in [5, 5.41) is 3.79. The minimum Gasteiger partial charge on any atom is -0.337 e. The Balaban J connectivity index is 1.99. The maximum absolute atomic E-state index is 14.0. The SMILES string of the molecule is COSC(c1ccc(C)cc1)c1nc(-c2c(F)cccc2Cl)no1. The standard InChI is InChI=1S/C17H14ClFN2O2S/c1-10-6-8-11(9-7-10)15(24-22-2)17-20-16(21-23-17)14-12(18)4-3-5-13(14)19/h3-9,15H,1-2H3. The highest BCUT2D eigenvalue weighted by molar-refractivity contribution is 7.95. The molecule has 4 nitrogen and oxygen atoms in total. The van der Waals surface area contributed by atoms with E-state index in [1.165, 1.54) is 24.2 Å². The second kappa shape index (κ2) is 7.34. The van der Waals surface area contributed by atoms with Crippen molar-refractivity contribution in [2.75, 3.05) is 7.11 Å². The number of rotatable bonds is 5. The Morgan fingerprint density at radius 1 is 1.21 bits per heavy atom. The third-order valence-electron chi connectivity index (χ3n) is 3.42. The molecule has 1 aromatic heterocycles. The van der Waals surface area contributed by atoms with Gasteiger partial charge in [0.2, 0.25) is 11.7 Å². The van der Waals surface area contributed by atoms with Gasteiger partial charge >= 0.3 is 0 Å². The molecular weight excluding hydrogens is 351 g/mol. The van der Waals surface area contributed by atoms with Gasteiger partial charge < -0.3 is 8.71 Å². The van der Waals surface area contributed by atoms with Gasteiger partial charge in [0.15, 0.2) is 0 Å². The van der Waals surface area contributed by atoms with Gasteiger partial charge in [-0.1, -0.05) is 52.7 Å². The van der Waals surface area contributed by atoms with Gasteiger partial charge in [0.1, 0.15) is 11.1 Å². The number of nitrogens with zero attached hydrogens (tertiary/aromatic N) is 2. The van der Waals surface area contributed by atoms with Crippen LogP contribution in [0.1, 0.15) is 22.3 Å². The van der Waals surface area contributed by atoms with Crippen LogP contribution in [0.25, 0.3) is 11.4 Å². The molecule has 3 rings (SSSR count). The van der Waals surface area contributed by atoms with Crippen LogP contribution in [-0.2, 0) is 4.18 Å². The fourth-order valence-corrected chi connectivity index (χ4v) is 3.12. The molecule has 7 heteroatoms. The molecule has 0 radical (unpaired) electrons. The Hall–Kier alpha value is -1.89. The third kappa shape index (κ3) is 3.45. The lowest BCUT2D eigenvalue weighted by Gasteiger charge is -2.10. The van der Waals surface area contributed by atoms with Gasteiger partial charge in [0.25, 0.3) is 0 Å². The maximum Gasteiger partial charge on any atom is 0.246 e. The lowest BCUT2D eigenvalue weighted by atomic mass is 10.1. The van der Waals surface area contributed by atoms with Crippen LogP contribution in [0.2, 0.25) is 5.02 Å². The van der Waals surface area contributed by atoms with E-state index < -0.39 is 5.82 Å². The summed E-state index contributed by atoms with van der Waals surface area (Å²) in [6, 6.07) is 12.3. The van der Waals surface area contributed by atoms with Crippen LogP contribution in [0.5, 0.6) is 0 Å². The van der Waals surface area contributed by atoms with E-state index in [4.69, 9.17) is 20.3 Å². The van der Waals surface area contributed by atoms with Gasteiger partial charge in [-0.25, -0.2) is 4.39 Å². The zero-order valence-electron chi connectivity index (χ0n) is 13.0. The Labute approximate surface area is 148 Å². The minimum absolute atomic E-state index is 0.113. The molecule has 3 aromatic rings. The van der Waals surface area contributed by atoms with E-state index in [1.807, 2.05) is 31.2 Å². The number of benzene rings is 2. The van der Waals surface area contributed by atoms with Gasteiger partial charge in [-0.15, -0.1) is 0 Å². The first kappa shape index (κ1) is 17.0. The van der Waals surface area contributed by atoms with Gasteiger partial charge in [-0.2, -0.15) is 4.98 Å². The van der Waals surface area contributed by atoms with Gasteiger partial charge in [-0.05, 0) is 24.6 Å². The van der Waals surface area contributed by atoms with Crippen molar-refractivity contribution in [3.8, 4) is 11.4 Å². The average Bonchev–Trinajstić information content (AvgIpc) is 3.03. The van der Waals surface area contributed by atoms with Crippen molar-refractivity contribution in [3.63, 3.8) is 0 Å². The smallest absolute Gasteiger partial charge is 0.246 e. The molecule has 2 aromatic carbocycles. The monoisotopic (exact) mass is 364 g/mol. The van der Waals surface area contributed by atoms with E-state index in [9.17, 15) is 4.39 Å². The highest BCUT2D eigenvalue weighted by atomic mass is 35.5. The van der Waals surface area contributed by atoms with Crippen molar-refractivity contribution >= 4 is 23.6 Å². The highest BCUT2D eigenvalue weighted by Gasteiger charge is 2.24. The van der Waals surface area contributed by atoms with Gasteiger partial charge in [0, 0.05) is 12.0 Å². The largest absolute Gasteiger partial charge is 0.337 e. The molecule has 0 saturated carbocycles. The molecule has 0 amide bonds. The molecular formula is C17H14ClFN2O2S. The molecule has 0 spiro atoms. The average molecular weight is 365 g/mol. The number of halogens is 2. The lowest BCUT2D eigenvalue weighted by molar-refractivity contribution is 0.379. The van der Waals surface area contributed by atoms with Crippen LogP contribution >= 0.6 is 23.6 Å². The van der Waals surface area contributed by atoms with Crippen molar-refractivity contribution in [1.29, 1.82) is 0 Å². The molecule has 0 aliphatic heterocycles.